The summed E-state index contributed by atoms with van der Waals surface area (Å²) >= 11 is 0. The Kier molecular flexibility index (Phi) is 51.5. The van der Waals surface area contributed by atoms with Crippen LogP contribution in [0, 0.1) is 0 Å². The van der Waals surface area contributed by atoms with E-state index >= 15 is 0 Å². The monoisotopic (exact) mass is 889 g/mol. The molecule has 0 aliphatic rings. The Morgan fingerprint density at radius 2 is 0.703 bits per heavy atom. The molecule has 5 heteroatoms. The van der Waals surface area contributed by atoms with Crippen molar-refractivity contribution in [2.75, 3.05) is 19.8 Å². The largest absolute Gasteiger partial charge is 0.462 e. The van der Waals surface area contributed by atoms with E-state index in [1.54, 1.807) is 0 Å². The standard InChI is InChI=1S/C59H100O5/c1-4-7-10-13-16-19-22-25-27-29-30-31-32-35-37-40-43-46-49-52-58(60)63-56-57(64-59(61)53-50-47-44-41-38-34-24-21-18-15-12-9-6-3)55-62-54-51-48-45-42-39-36-33-28-26-23-20-17-14-11-8-5-2/h7-8,10-11,16-17,19-20,25-28,30-31,36,39,57H,4-6,9,12-15,18,21-24,29,32-35,37-38,40-56H2,1-3H3/b10-7-,11-8-,19-16-,20-17-,27-25-,28-26-,31-30-,39-36-. The Morgan fingerprint density at radius 3 is 1.12 bits per heavy atom. The van der Waals surface area contributed by atoms with Crippen LogP contribution in [0.3, 0.4) is 0 Å². The topological polar surface area (TPSA) is 61.8 Å². The molecule has 0 heterocycles. The van der Waals surface area contributed by atoms with Gasteiger partial charge in [0.05, 0.1) is 6.61 Å². The van der Waals surface area contributed by atoms with Gasteiger partial charge in [-0.15, -0.1) is 0 Å². The zero-order valence-electron chi connectivity index (χ0n) is 42.0. The third-order valence-corrected chi connectivity index (χ3v) is 11.1. The molecule has 0 fully saturated rings. The number of carbonyl (C=O) groups excluding carboxylic acids is 2. The first-order valence-electron chi connectivity index (χ1n) is 26.8. The van der Waals surface area contributed by atoms with E-state index in [2.05, 4.69) is 118 Å². The van der Waals surface area contributed by atoms with Crippen molar-refractivity contribution in [2.24, 2.45) is 0 Å². The normalized spacial score (nSPS) is 13.0. The third kappa shape index (κ3) is 51.5. The number of hydrogen-bond acceptors (Lipinski definition) is 5. The minimum Gasteiger partial charge on any atom is -0.462 e. The zero-order valence-corrected chi connectivity index (χ0v) is 42.0. The quantitative estimate of drug-likeness (QED) is 0.0346. The van der Waals surface area contributed by atoms with Crippen LogP contribution in [0.25, 0.3) is 0 Å². The fourth-order valence-electron chi connectivity index (χ4n) is 7.20. The molecule has 0 aromatic heterocycles. The summed E-state index contributed by atoms with van der Waals surface area (Å²) in [5.41, 5.74) is 0. The molecule has 0 aromatic carbocycles. The van der Waals surface area contributed by atoms with E-state index in [0.29, 0.717) is 19.4 Å². The summed E-state index contributed by atoms with van der Waals surface area (Å²) in [6, 6.07) is 0. The molecule has 0 spiro atoms. The maximum atomic E-state index is 12.8. The Morgan fingerprint density at radius 1 is 0.359 bits per heavy atom. The van der Waals surface area contributed by atoms with Gasteiger partial charge in [-0.2, -0.15) is 0 Å². The first kappa shape index (κ1) is 60.8. The second-order valence-corrected chi connectivity index (χ2v) is 17.4. The van der Waals surface area contributed by atoms with Gasteiger partial charge in [0.1, 0.15) is 6.61 Å². The lowest BCUT2D eigenvalue weighted by Crippen LogP contribution is -2.30. The highest BCUT2D eigenvalue weighted by Crippen LogP contribution is 2.14. The fourth-order valence-corrected chi connectivity index (χ4v) is 7.20. The van der Waals surface area contributed by atoms with Crippen LogP contribution >= 0.6 is 0 Å². The molecule has 0 amide bonds. The molecule has 366 valence electrons. The maximum Gasteiger partial charge on any atom is 0.306 e. The first-order valence-corrected chi connectivity index (χ1v) is 26.8. The number of rotatable bonds is 48. The summed E-state index contributed by atoms with van der Waals surface area (Å²) in [6.07, 6.45) is 72.7. The number of ether oxygens (including phenoxy) is 3. The number of esters is 2. The van der Waals surface area contributed by atoms with Crippen molar-refractivity contribution in [3.8, 4) is 0 Å². The summed E-state index contributed by atoms with van der Waals surface area (Å²) in [5, 5.41) is 0. The van der Waals surface area contributed by atoms with E-state index in [9.17, 15) is 9.59 Å². The minimum atomic E-state index is -0.562. The van der Waals surface area contributed by atoms with Crippen LogP contribution < -0.4 is 0 Å². The predicted molar refractivity (Wildman–Crippen MR) is 279 cm³/mol. The fraction of sp³-hybridized carbons (Fsp3) is 0.695. The van der Waals surface area contributed by atoms with Crippen molar-refractivity contribution >= 4 is 11.9 Å². The lowest BCUT2D eigenvalue weighted by atomic mass is 10.0. The molecular weight excluding hydrogens is 789 g/mol. The van der Waals surface area contributed by atoms with Crippen LogP contribution in [0.2, 0.25) is 0 Å². The summed E-state index contributed by atoms with van der Waals surface area (Å²) in [5.74, 6) is -0.430. The lowest BCUT2D eigenvalue weighted by molar-refractivity contribution is -0.163. The predicted octanol–water partition coefficient (Wildman–Crippen LogP) is 18.2. The van der Waals surface area contributed by atoms with Gasteiger partial charge < -0.3 is 14.2 Å². The molecule has 0 saturated carbocycles. The van der Waals surface area contributed by atoms with Crippen LogP contribution in [0.1, 0.15) is 239 Å². The van der Waals surface area contributed by atoms with Gasteiger partial charge in [0, 0.05) is 19.4 Å². The van der Waals surface area contributed by atoms with Gasteiger partial charge in [0.25, 0.3) is 0 Å². The molecular formula is C59H100O5. The van der Waals surface area contributed by atoms with Gasteiger partial charge in [-0.3, -0.25) is 9.59 Å². The second kappa shape index (κ2) is 54.2. The molecule has 0 aromatic rings. The average Bonchev–Trinajstić information content (AvgIpc) is 3.30. The Bertz CT molecular complexity index is 1230. The van der Waals surface area contributed by atoms with Gasteiger partial charge in [0.15, 0.2) is 6.10 Å². The molecule has 0 N–H and O–H groups in total. The average molecular weight is 889 g/mol. The van der Waals surface area contributed by atoms with E-state index in [1.807, 2.05) is 0 Å². The molecule has 64 heavy (non-hydrogen) atoms. The summed E-state index contributed by atoms with van der Waals surface area (Å²) in [4.78, 5) is 25.4. The Hall–Kier alpha value is -3.18. The van der Waals surface area contributed by atoms with Crippen molar-refractivity contribution in [3.63, 3.8) is 0 Å². The smallest absolute Gasteiger partial charge is 0.306 e. The summed E-state index contributed by atoms with van der Waals surface area (Å²) < 4.78 is 17.4. The summed E-state index contributed by atoms with van der Waals surface area (Å²) in [6.45, 7) is 7.52. The molecule has 0 aliphatic heterocycles. The molecule has 1 atom stereocenters. The molecule has 0 saturated heterocycles. The van der Waals surface area contributed by atoms with E-state index < -0.39 is 6.10 Å². The maximum absolute atomic E-state index is 12.8. The van der Waals surface area contributed by atoms with Gasteiger partial charge in [-0.1, -0.05) is 227 Å². The Labute approximate surface area is 396 Å². The summed E-state index contributed by atoms with van der Waals surface area (Å²) in [7, 11) is 0. The van der Waals surface area contributed by atoms with Crippen molar-refractivity contribution in [2.45, 2.75) is 245 Å². The molecule has 0 aliphatic carbocycles. The van der Waals surface area contributed by atoms with Crippen molar-refractivity contribution in [1.29, 1.82) is 0 Å². The van der Waals surface area contributed by atoms with Crippen molar-refractivity contribution < 1.29 is 23.8 Å². The first-order chi connectivity index (χ1) is 31.6. The van der Waals surface area contributed by atoms with E-state index in [0.717, 1.165) is 116 Å². The minimum absolute atomic E-state index is 0.0618. The highest BCUT2D eigenvalue weighted by molar-refractivity contribution is 5.70. The van der Waals surface area contributed by atoms with Crippen LogP contribution in [0.5, 0.6) is 0 Å². The lowest BCUT2D eigenvalue weighted by Gasteiger charge is -2.18. The van der Waals surface area contributed by atoms with E-state index in [-0.39, 0.29) is 25.2 Å². The molecule has 0 radical (unpaired) electrons. The van der Waals surface area contributed by atoms with Gasteiger partial charge in [0.2, 0.25) is 0 Å². The number of allylic oxidation sites excluding steroid dienone is 16. The highest BCUT2D eigenvalue weighted by Gasteiger charge is 2.17. The molecule has 5 nitrogen and oxygen atoms in total. The highest BCUT2D eigenvalue weighted by atomic mass is 16.6. The van der Waals surface area contributed by atoms with Gasteiger partial charge in [-0.25, -0.2) is 0 Å². The van der Waals surface area contributed by atoms with Crippen LogP contribution in [-0.2, 0) is 23.8 Å². The van der Waals surface area contributed by atoms with E-state index in [1.165, 1.54) is 89.9 Å². The van der Waals surface area contributed by atoms with Gasteiger partial charge >= 0.3 is 11.9 Å². The van der Waals surface area contributed by atoms with Crippen molar-refractivity contribution in [3.05, 3.63) is 97.2 Å². The van der Waals surface area contributed by atoms with Crippen molar-refractivity contribution in [1.82, 2.24) is 0 Å². The number of hydrogen-bond donors (Lipinski definition) is 0. The van der Waals surface area contributed by atoms with Crippen LogP contribution in [-0.4, -0.2) is 37.9 Å². The number of unbranched alkanes of at least 4 members (excludes halogenated alkanes) is 21. The molecule has 1 unspecified atom stereocenters. The van der Waals surface area contributed by atoms with Gasteiger partial charge in [-0.05, 0) is 96.3 Å². The SMILES string of the molecule is CC/C=C\C/C=C\C/C=C\C/C=C\CCCCCCCCC(=O)OCC(COCCCCC/C=C\C/C=C\C/C=C\C/C=C\CC)OC(=O)CCCCCCCCCCCCCCC. The molecule has 0 rings (SSSR count). The second-order valence-electron chi connectivity index (χ2n) is 17.4. The van der Waals surface area contributed by atoms with E-state index in [4.69, 9.17) is 14.2 Å². The van der Waals surface area contributed by atoms with Crippen LogP contribution in [0.4, 0.5) is 0 Å². The molecule has 0 bridgehead atoms. The zero-order chi connectivity index (χ0) is 46.3. The Balaban J connectivity index is 4.34. The third-order valence-electron chi connectivity index (χ3n) is 11.1. The number of carbonyl (C=O) groups is 2. The van der Waals surface area contributed by atoms with Crippen LogP contribution in [0.15, 0.2) is 97.2 Å².